The second kappa shape index (κ2) is 13.8. The van der Waals surface area contributed by atoms with Crippen LogP contribution in [0.4, 0.5) is 0 Å². The number of hydrogen-bond acceptors (Lipinski definition) is 7. The Labute approximate surface area is 245 Å². The molecule has 0 amide bonds. The van der Waals surface area contributed by atoms with E-state index >= 15 is 0 Å². The molecule has 0 saturated heterocycles. The van der Waals surface area contributed by atoms with Crippen molar-refractivity contribution in [3.05, 3.63) is 71.0 Å². The summed E-state index contributed by atoms with van der Waals surface area (Å²) in [5.74, 6) is 1.45. The van der Waals surface area contributed by atoms with Crippen molar-refractivity contribution in [2.75, 3.05) is 12.8 Å². The molecule has 2 N–H and O–H groups in total. The van der Waals surface area contributed by atoms with E-state index in [4.69, 9.17) is 14.8 Å². The van der Waals surface area contributed by atoms with Gasteiger partial charge in [-0.15, -0.1) is 0 Å². The van der Waals surface area contributed by atoms with E-state index in [1.165, 1.54) is 0 Å². The van der Waals surface area contributed by atoms with E-state index in [2.05, 4.69) is 40.6 Å². The molecule has 0 aliphatic heterocycles. The number of aromatic nitrogens is 2. The van der Waals surface area contributed by atoms with Gasteiger partial charge in [-0.25, -0.2) is 28.9 Å². The largest absolute Gasteiger partial charge is 0.363 e. The number of carbonyl (C=O) groups is 1. The highest BCUT2D eigenvalue weighted by atomic mass is 32.2. The summed E-state index contributed by atoms with van der Waals surface area (Å²) in [5.41, 5.74) is 5.62. The summed E-state index contributed by atoms with van der Waals surface area (Å²) in [6.45, 7) is 16.5. The maximum absolute atomic E-state index is 12.3. The Hall–Kier alpha value is -3.66. The number of amidine groups is 2. The molecule has 0 radical (unpaired) electrons. The third-order valence-electron chi connectivity index (χ3n) is 7.36. The smallest absolute Gasteiger partial charge is 0.185 e. The number of aliphatic imine (C=N–C) groups is 2. The van der Waals surface area contributed by atoms with Gasteiger partial charge in [0.1, 0.15) is 12.0 Å². The van der Waals surface area contributed by atoms with E-state index in [-0.39, 0.29) is 17.6 Å². The van der Waals surface area contributed by atoms with E-state index in [0.29, 0.717) is 40.9 Å². The van der Waals surface area contributed by atoms with Crippen molar-refractivity contribution in [3.63, 3.8) is 0 Å². The number of allylic oxidation sites excluding steroid dienone is 1. The maximum atomic E-state index is 12.3. The standard InChI is InChI=1S/C31H43N7O2S/c1-9-21(5)38(8)31(36-23(7)28-22(6)34-19-35-30(28)25-13-14-25)29(20(3)4)37-27(18-39)33-17-24-11-15-26(16-12-24)41(32,40)10-2/h11-12,15-16,18-19,21,25,32H,7,9-10,13-14,17H2,1-6,8H3,(H,33,37)/b36-31+/t21-,41?/m0/s1. The molecule has 0 bridgehead atoms. The minimum atomic E-state index is -2.78. The van der Waals surface area contributed by atoms with Gasteiger partial charge in [-0.3, -0.25) is 4.79 Å². The summed E-state index contributed by atoms with van der Waals surface area (Å²) >= 11 is 0. The molecular formula is C31H43N7O2S. The van der Waals surface area contributed by atoms with Crippen molar-refractivity contribution in [3.8, 4) is 0 Å². The zero-order chi connectivity index (χ0) is 30.3. The Kier molecular flexibility index (Phi) is 10.7. The van der Waals surface area contributed by atoms with Crippen LogP contribution in [0, 0.1) is 11.7 Å². The van der Waals surface area contributed by atoms with Gasteiger partial charge in [0.15, 0.2) is 18.0 Å². The zero-order valence-corrected chi connectivity index (χ0v) is 26.1. The molecule has 1 saturated carbocycles. The SMILES string of the molecule is C=C(/N=C(\C(/N=C(\C=O)NCc1ccc(S(=N)(=O)CC)cc1)=C(C)C)N(C)[C@@H](C)CC)c1c(C)ncnc1C1CC1. The van der Waals surface area contributed by atoms with Gasteiger partial charge in [0.05, 0.1) is 26.8 Å². The summed E-state index contributed by atoms with van der Waals surface area (Å²) in [5, 5.41) is 3.12. The first-order valence-electron chi connectivity index (χ1n) is 14.1. The average Bonchev–Trinajstić information content (AvgIpc) is 3.81. The number of rotatable bonds is 12. The predicted octanol–water partition coefficient (Wildman–Crippen LogP) is 5.87. The van der Waals surface area contributed by atoms with Gasteiger partial charge in [0.25, 0.3) is 0 Å². The lowest BCUT2D eigenvalue weighted by Crippen LogP contribution is -2.36. The second-order valence-corrected chi connectivity index (χ2v) is 13.1. The zero-order valence-electron chi connectivity index (χ0n) is 25.3. The fourth-order valence-electron chi connectivity index (χ4n) is 4.28. The number of likely N-dealkylation sites (N-methyl/N-ethyl adjacent to an activating group) is 1. The molecule has 41 heavy (non-hydrogen) atoms. The number of aryl methyl sites for hydroxylation is 1. The number of carbonyl (C=O) groups excluding carboxylic acids is 1. The van der Waals surface area contributed by atoms with Crippen LogP contribution in [0.1, 0.15) is 82.3 Å². The lowest BCUT2D eigenvalue weighted by Gasteiger charge is -2.29. The van der Waals surface area contributed by atoms with Crippen molar-refractivity contribution in [2.24, 2.45) is 9.98 Å². The van der Waals surface area contributed by atoms with Crippen LogP contribution in [-0.2, 0) is 21.1 Å². The highest BCUT2D eigenvalue weighted by molar-refractivity contribution is 7.92. The Morgan fingerprint density at radius 3 is 2.41 bits per heavy atom. The molecule has 9 nitrogen and oxygen atoms in total. The quantitative estimate of drug-likeness (QED) is 0.185. The van der Waals surface area contributed by atoms with Gasteiger partial charge in [0.2, 0.25) is 0 Å². The van der Waals surface area contributed by atoms with Crippen LogP contribution in [0.2, 0.25) is 0 Å². The van der Waals surface area contributed by atoms with E-state index in [1.807, 2.05) is 40.0 Å². The molecule has 0 spiro atoms. The predicted molar refractivity (Wildman–Crippen MR) is 168 cm³/mol. The van der Waals surface area contributed by atoms with E-state index in [1.54, 1.807) is 25.4 Å². The Bertz CT molecular complexity index is 1470. The summed E-state index contributed by atoms with van der Waals surface area (Å²) in [4.78, 5) is 33.5. The molecule has 1 heterocycles. The van der Waals surface area contributed by atoms with Crippen molar-refractivity contribution >= 4 is 33.4 Å². The van der Waals surface area contributed by atoms with Crippen molar-refractivity contribution < 1.29 is 9.00 Å². The highest BCUT2D eigenvalue weighted by Crippen LogP contribution is 2.42. The Morgan fingerprint density at radius 2 is 1.88 bits per heavy atom. The lowest BCUT2D eigenvalue weighted by molar-refractivity contribution is -0.102. The second-order valence-electron chi connectivity index (χ2n) is 10.7. The van der Waals surface area contributed by atoms with Crippen LogP contribution in [-0.4, -0.2) is 55.9 Å². The summed E-state index contributed by atoms with van der Waals surface area (Å²) in [6, 6.07) is 7.19. The molecule has 220 valence electrons. The van der Waals surface area contributed by atoms with Crippen molar-refractivity contribution in [2.45, 2.75) is 84.2 Å². The molecule has 2 atom stereocenters. The molecule has 1 unspecified atom stereocenters. The number of aldehydes is 1. The van der Waals surface area contributed by atoms with Crippen LogP contribution in [0.15, 0.2) is 63.3 Å². The molecule has 1 aromatic heterocycles. The van der Waals surface area contributed by atoms with Gasteiger partial charge in [-0.2, -0.15) is 0 Å². The first-order chi connectivity index (χ1) is 19.4. The van der Waals surface area contributed by atoms with E-state index in [9.17, 15) is 9.00 Å². The minimum Gasteiger partial charge on any atom is -0.363 e. The third-order valence-corrected chi connectivity index (χ3v) is 9.21. The van der Waals surface area contributed by atoms with Gasteiger partial charge in [-0.05, 0) is 70.2 Å². The Morgan fingerprint density at radius 1 is 1.22 bits per heavy atom. The number of nitrogens with one attached hydrogen (secondary N) is 2. The first kappa shape index (κ1) is 31.9. The molecule has 3 rings (SSSR count). The molecule has 1 aromatic carbocycles. The Balaban J connectivity index is 1.98. The molecule has 2 aromatic rings. The van der Waals surface area contributed by atoms with Crippen LogP contribution in [0.25, 0.3) is 5.70 Å². The fourth-order valence-corrected chi connectivity index (χ4v) is 5.19. The van der Waals surface area contributed by atoms with Crippen LogP contribution in [0.3, 0.4) is 0 Å². The molecule has 1 aliphatic carbocycles. The minimum absolute atomic E-state index is 0.156. The van der Waals surface area contributed by atoms with Gasteiger partial charge in [0, 0.05) is 41.8 Å². The lowest BCUT2D eigenvalue weighted by atomic mass is 10.1. The average molecular weight is 578 g/mol. The van der Waals surface area contributed by atoms with Gasteiger partial charge in [-0.1, -0.05) is 32.6 Å². The topological polar surface area (TPSA) is 124 Å². The summed E-state index contributed by atoms with van der Waals surface area (Å²) < 4.78 is 20.3. The molecule has 10 heteroatoms. The normalized spacial score (nSPS) is 16.0. The number of nitrogens with zero attached hydrogens (tertiary/aromatic N) is 5. The maximum Gasteiger partial charge on any atom is 0.185 e. The fraction of sp³-hybridized carbons (Fsp3) is 0.452. The van der Waals surface area contributed by atoms with Gasteiger partial charge >= 0.3 is 0 Å². The van der Waals surface area contributed by atoms with Crippen LogP contribution < -0.4 is 5.32 Å². The molecule has 1 aliphatic rings. The number of hydrogen-bond donors (Lipinski definition) is 2. The molecular weight excluding hydrogens is 534 g/mol. The number of benzene rings is 1. The summed E-state index contributed by atoms with van der Waals surface area (Å²) in [6.07, 6.45) is 5.38. The third kappa shape index (κ3) is 7.97. The van der Waals surface area contributed by atoms with Gasteiger partial charge < -0.3 is 10.2 Å². The van der Waals surface area contributed by atoms with E-state index in [0.717, 1.165) is 47.4 Å². The summed E-state index contributed by atoms with van der Waals surface area (Å²) in [7, 11) is -0.802. The van der Waals surface area contributed by atoms with Crippen LogP contribution >= 0.6 is 0 Å². The monoisotopic (exact) mass is 577 g/mol. The highest BCUT2D eigenvalue weighted by Gasteiger charge is 2.30. The van der Waals surface area contributed by atoms with Crippen molar-refractivity contribution in [1.29, 1.82) is 4.78 Å². The first-order valence-corrected chi connectivity index (χ1v) is 15.8. The van der Waals surface area contributed by atoms with E-state index < -0.39 is 9.73 Å². The van der Waals surface area contributed by atoms with Crippen molar-refractivity contribution in [1.82, 2.24) is 20.2 Å². The van der Waals surface area contributed by atoms with Crippen LogP contribution in [0.5, 0.6) is 0 Å². The molecule has 1 fully saturated rings.